The molecule has 0 spiro atoms. The zero-order valence-electron chi connectivity index (χ0n) is 18.9. The first kappa shape index (κ1) is 21.6. The van der Waals surface area contributed by atoms with E-state index in [1.54, 1.807) is 0 Å². The number of benzene rings is 2. The molecule has 0 bridgehead atoms. The first-order chi connectivity index (χ1) is 13.7. The van der Waals surface area contributed by atoms with Crippen LogP contribution in [0.1, 0.15) is 47.2 Å². The number of hydrogen-bond acceptors (Lipinski definition) is 0. The van der Waals surface area contributed by atoms with Crippen molar-refractivity contribution in [2.24, 2.45) is 0 Å². The molecular weight excluding hydrogens is 441 g/mol. The van der Waals surface area contributed by atoms with E-state index in [1.165, 1.54) is 54.3 Å². The summed E-state index contributed by atoms with van der Waals surface area (Å²) in [7, 11) is 0. The van der Waals surface area contributed by atoms with Crippen LogP contribution in [0.15, 0.2) is 48.3 Å². The van der Waals surface area contributed by atoms with Gasteiger partial charge >= 0.3 is 182 Å². The Hall–Kier alpha value is -2.12. The van der Waals surface area contributed by atoms with Gasteiger partial charge in [-0.1, -0.05) is 0 Å². The van der Waals surface area contributed by atoms with E-state index in [0.29, 0.717) is 0 Å². The maximum atomic E-state index is 2.42. The second kappa shape index (κ2) is 8.71. The Morgan fingerprint density at radius 1 is 0.724 bits per heavy atom. The van der Waals surface area contributed by atoms with Gasteiger partial charge in [0.15, 0.2) is 0 Å². The van der Waals surface area contributed by atoms with E-state index >= 15 is 0 Å². The Morgan fingerprint density at radius 3 is 1.45 bits per heavy atom. The molecule has 0 aliphatic heterocycles. The predicted molar refractivity (Wildman–Crippen MR) is 122 cm³/mol. The first-order valence-corrected chi connectivity index (χ1v) is 12.0. The average Bonchev–Trinajstić information content (AvgIpc) is 3.01. The monoisotopic (exact) mass is 474 g/mol. The number of aryl methyl sites for hydroxylation is 6. The Morgan fingerprint density at radius 2 is 1.10 bits per heavy atom. The van der Waals surface area contributed by atoms with E-state index in [-0.39, 0.29) is 16.2 Å². The average molecular weight is 474 g/mol. The third kappa shape index (κ3) is 4.41. The van der Waals surface area contributed by atoms with Crippen molar-refractivity contribution in [2.45, 2.75) is 55.4 Å². The third-order valence-corrected chi connectivity index (χ3v) is 7.59. The van der Waals surface area contributed by atoms with Crippen LogP contribution < -0.4 is 0 Å². The Bertz CT molecular complexity index is 1090. The Labute approximate surface area is 182 Å². The van der Waals surface area contributed by atoms with Crippen LogP contribution in [0.25, 0.3) is 11.4 Å². The van der Waals surface area contributed by atoms with Gasteiger partial charge in [-0.3, -0.25) is 0 Å². The zero-order chi connectivity index (χ0) is 21.3. The molecular formula is C26H32N2Ru. The van der Waals surface area contributed by atoms with E-state index in [1.807, 2.05) is 0 Å². The SMILES string of the molecule is CC=C(C)[CH]=[Ru]=[c]1n(-c2c(C)cc(C)cc2C)ccn1-c1c(C)cc(C)cc1C. The predicted octanol–water partition coefficient (Wildman–Crippen LogP) is 6.50. The summed E-state index contributed by atoms with van der Waals surface area (Å²) in [6.45, 7) is 17.6. The molecule has 29 heavy (non-hydrogen) atoms. The van der Waals surface area contributed by atoms with Crippen LogP contribution >= 0.6 is 0 Å². The molecule has 0 unspecified atom stereocenters. The molecule has 154 valence electrons. The molecule has 2 nitrogen and oxygen atoms in total. The Balaban J connectivity index is 2.43. The fourth-order valence-electron chi connectivity index (χ4n) is 4.09. The molecule has 3 rings (SSSR count). The van der Waals surface area contributed by atoms with Gasteiger partial charge in [0.1, 0.15) is 0 Å². The summed E-state index contributed by atoms with van der Waals surface area (Å²) in [4.78, 5) is 0. The van der Waals surface area contributed by atoms with Crippen molar-refractivity contribution >= 4 is 4.61 Å². The van der Waals surface area contributed by atoms with Crippen LogP contribution in [0.3, 0.4) is 0 Å². The van der Waals surface area contributed by atoms with Crippen LogP contribution in [0, 0.1) is 45.6 Å². The molecule has 0 N–H and O–H groups in total. The zero-order valence-corrected chi connectivity index (χ0v) is 20.6. The second-order valence-electron chi connectivity index (χ2n) is 8.03. The van der Waals surface area contributed by atoms with Gasteiger partial charge in [-0.2, -0.15) is 0 Å². The van der Waals surface area contributed by atoms with Crippen LogP contribution in [-0.4, -0.2) is 13.7 Å². The summed E-state index contributed by atoms with van der Waals surface area (Å²) < 4.78 is 8.61. The molecule has 0 saturated carbocycles. The standard InChI is InChI=1S/C21H24N2.C5H8.Ru/c1-14-9-16(3)20(17(4)10-14)22-7-8-23(13-22)21-18(5)11-15(2)12-19(21)6;1-4-5(2)3;/h7-12H,1-6H3;2,4H,1,3H3;. The number of rotatable bonds is 3. The molecule has 3 heteroatoms. The van der Waals surface area contributed by atoms with Gasteiger partial charge in [0.25, 0.3) is 0 Å². The summed E-state index contributed by atoms with van der Waals surface area (Å²) in [5, 5.41) is 0. The number of allylic oxidation sites excluding steroid dienone is 2. The van der Waals surface area contributed by atoms with Gasteiger partial charge in [0.2, 0.25) is 0 Å². The van der Waals surface area contributed by atoms with Gasteiger partial charge in [-0.15, -0.1) is 0 Å². The van der Waals surface area contributed by atoms with E-state index in [9.17, 15) is 0 Å². The minimum atomic E-state index is -0.0953. The van der Waals surface area contributed by atoms with Crippen molar-refractivity contribution in [2.75, 3.05) is 0 Å². The molecule has 0 atom stereocenters. The fourth-order valence-corrected chi connectivity index (χ4v) is 6.13. The minimum absolute atomic E-state index is 0.0953. The van der Waals surface area contributed by atoms with Gasteiger partial charge in [-0.05, 0) is 0 Å². The van der Waals surface area contributed by atoms with Crippen LogP contribution in [-0.2, 0) is 16.2 Å². The van der Waals surface area contributed by atoms with Gasteiger partial charge in [0, 0.05) is 0 Å². The second-order valence-corrected chi connectivity index (χ2v) is 9.81. The van der Waals surface area contributed by atoms with Crippen molar-refractivity contribution in [1.82, 2.24) is 9.13 Å². The van der Waals surface area contributed by atoms with Gasteiger partial charge in [0.05, 0.1) is 0 Å². The third-order valence-electron chi connectivity index (χ3n) is 5.26. The number of imidazole rings is 1. The van der Waals surface area contributed by atoms with Crippen molar-refractivity contribution in [3.63, 3.8) is 0 Å². The maximum absolute atomic E-state index is 2.42. The van der Waals surface area contributed by atoms with Gasteiger partial charge in [-0.25, -0.2) is 0 Å². The van der Waals surface area contributed by atoms with E-state index < -0.39 is 0 Å². The normalized spacial score (nSPS) is 11.8. The first-order valence-electron chi connectivity index (χ1n) is 10.1. The molecule has 1 heterocycles. The summed E-state index contributed by atoms with van der Waals surface area (Å²) in [5.41, 5.74) is 11.9. The number of hydrogen-bond donors (Lipinski definition) is 0. The summed E-state index contributed by atoms with van der Waals surface area (Å²) in [6.07, 6.45) is 6.68. The summed E-state index contributed by atoms with van der Waals surface area (Å²) in [6, 6.07) is 9.15. The molecule has 1 aromatic heterocycles. The van der Waals surface area contributed by atoms with Crippen molar-refractivity contribution in [1.29, 1.82) is 0 Å². The topological polar surface area (TPSA) is 9.86 Å². The van der Waals surface area contributed by atoms with Crippen molar-refractivity contribution < 1.29 is 16.2 Å². The summed E-state index contributed by atoms with van der Waals surface area (Å²) in [5.74, 6) is 0. The molecule has 3 aromatic rings. The van der Waals surface area contributed by atoms with E-state index in [2.05, 4.69) is 112 Å². The molecule has 0 fully saturated rings. The molecule has 2 aromatic carbocycles. The fraction of sp³-hybridized carbons (Fsp3) is 0.308. The number of aromatic nitrogens is 2. The van der Waals surface area contributed by atoms with Crippen molar-refractivity contribution in [3.8, 4) is 11.4 Å². The molecule has 0 saturated heterocycles. The molecule has 0 aliphatic rings. The molecule has 0 amide bonds. The van der Waals surface area contributed by atoms with E-state index in [4.69, 9.17) is 0 Å². The van der Waals surface area contributed by atoms with Crippen LogP contribution in [0.5, 0.6) is 0 Å². The van der Waals surface area contributed by atoms with Gasteiger partial charge < -0.3 is 0 Å². The molecule has 0 aliphatic carbocycles. The van der Waals surface area contributed by atoms with Crippen molar-refractivity contribution in [3.05, 3.63) is 85.7 Å². The summed E-state index contributed by atoms with van der Waals surface area (Å²) >= 11 is -0.0953. The Kier molecular flexibility index (Phi) is 6.49. The van der Waals surface area contributed by atoms with E-state index in [0.717, 1.165) is 0 Å². The number of nitrogens with zero attached hydrogens (tertiary/aromatic N) is 2. The van der Waals surface area contributed by atoms with Crippen LogP contribution in [0.4, 0.5) is 0 Å². The molecule has 0 radical (unpaired) electrons. The van der Waals surface area contributed by atoms with Crippen LogP contribution in [0.2, 0.25) is 0 Å². The quantitative estimate of drug-likeness (QED) is 0.384.